The standard InChI is InChI=1S/C24H25NO/c1-15(2)18(5)16(3)12-17(4)23-13-20(14-26)22-11-10-19-8-6-7-9-21(19)24(22)25-23/h7,9-14H,1,6,8H2,2-5H3/b17-12+,18-16-. The molecule has 1 aromatic heterocycles. The average molecular weight is 343 g/mol. The minimum atomic E-state index is 0.692. The molecule has 0 bridgehead atoms. The molecule has 1 aliphatic carbocycles. The van der Waals surface area contributed by atoms with E-state index in [-0.39, 0.29) is 0 Å². The molecule has 1 aliphatic rings. The van der Waals surface area contributed by atoms with Crippen molar-refractivity contribution < 1.29 is 4.79 Å². The second kappa shape index (κ2) is 7.25. The van der Waals surface area contributed by atoms with Gasteiger partial charge in [-0.1, -0.05) is 42.5 Å². The molecule has 0 spiro atoms. The topological polar surface area (TPSA) is 30.0 Å². The van der Waals surface area contributed by atoms with Gasteiger partial charge < -0.3 is 0 Å². The van der Waals surface area contributed by atoms with Gasteiger partial charge in [-0.3, -0.25) is 4.79 Å². The summed E-state index contributed by atoms with van der Waals surface area (Å²) in [5.41, 5.74) is 9.37. The minimum Gasteiger partial charge on any atom is -0.298 e. The molecule has 0 saturated heterocycles. The number of rotatable bonds is 4. The third-order valence-corrected chi connectivity index (χ3v) is 5.20. The number of benzene rings is 1. The molecule has 2 aromatic rings. The van der Waals surface area contributed by atoms with Crippen LogP contribution in [-0.2, 0) is 6.42 Å². The van der Waals surface area contributed by atoms with Gasteiger partial charge in [0.2, 0.25) is 0 Å². The van der Waals surface area contributed by atoms with E-state index in [2.05, 4.69) is 44.7 Å². The number of fused-ring (bicyclic) bond motifs is 3. The van der Waals surface area contributed by atoms with Crippen LogP contribution in [0.3, 0.4) is 0 Å². The zero-order valence-electron chi connectivity index (χ0n) is 16.0. The van der Waals surface area contributed by atoms with E-state index in [4.69, 9.17) is 4.98 Å². The van der Waals surface area contributed by atoms with Gasteiger partial charge >= 0.3 is 0 Å². The third kappa shape index (κ3) is 3.32. The lowest BCUT2D eigenvalue weighted by Gasteiger charge is -2.15. The Bertz CT molecular complexity index is 1000. The van der Waals surface area contributed by atoms with Crippen LogP contribution in [0.4, 0.5) is 0 Å². The Morgan fingerprint density at radius 1 is 1.19 bits per heavy atom. The first-order valence-corrected chi connectivity index (χ1v) is 9.02. The molecule has 0 unspecified atom stereocenters. The van der Waals surface area contributed by atoms with Gasteiger partial charge in [-0.15, -0.1) is 0 Å². The van der Waals surface area contributed by atoms with Gasteiger partial charge in [0.15, 0.2) is 6.29 Å². The monoisotopic (exact) mass is 343 g/mol. The van der Waals surface area contributed by atoms with Crippen molar-refractivity contribution in [2.45, 2.75) is 40.5 Å². The zero-order valence-corrected chi connectivity index (χ0v) is 16.0. The maximum atomic E-state index is 11.7. The Morgan fingerprint density at radius 2 is 1.96 bits per heavy atom. The van der Waals surface area contributed by atoms with Crippen molar-refractivity contribution >= 4 is 28.8 Å². The number of allylic oxidation sites excluding steroid dienone is 6. The lowest BCUT2D eigenvalue weighted by molar-refractivity contribution is 0.112. The first kappa shape index (κ1) is 18.1. The molecule has 2 heteroatoms. The van der Waals surface area contributed by atoms with E-state index < -0.39 is 0 Å². The number of aryl methyl sites for hydroxylation is 1. The summed E-state index contributed by atoms with van der Waals surface area (Å²) in [7, 11) is 0. The fraction of sp³-hybridized carbons (Fsp3) is 0.250. The van der Waals surface area contributed by atoms with E-state index in [1.54, 1.807) is 0 Å². The molecule has 0 fully saturated rings. The predicted octanol–water partition coefficient (Wildman–Crippen LogP) is 6.32. The molecule has 26 heavy (non-hydrogen) atoms. The van der Waals surface area contributed by atoms with Crippen LogP contribution in [0.2, 0.25) is 0 Å². The summed E-state index contributed by atoms with van der Waals surface area (Å²) >= 11 is 0. The Hall–Kier alpha value is -2.74. The summed E-state index contributed by atoms with van der Waals surface area (Å²) in [6.45, 7) is 12.2. The molecule has 0 atom stereocenters. The normalized spacial score (nSPS) is 14.8. The molecule has 1 aromatic carbocycles. The quantitative estimate of drug-likeness (QED) is 0.480. The fourth-order valence-corrected chi connectivity index (χ4v) is 3.37. The average Bonchev–Trinajstić information content (AvgIpc) is 2.65. The number of pyridine rings is 1. The molecular formula is C24H25NO. The molecule has 132 valence electrons. The largest absolute Gasteiger partial charge is 0.298 e. The van der Waals surface area contributed by atoms with Crippen LogP contribution in [0.25, 0.3) is 22.6 Å². The molecule has 2 nitrogen and oxygen atoms in total. The lowest BCUT2D eigenvalue weighted by Crippen LogP contribution is -2.00. The Balaban J connectivity index is 2.22. The summed E-state index contributed by atoms with van der Waals surface area (Å²) in [5, 5.41) is 0.923. The molecule has 0 amide bonds. The maximum Gasteiger partial charge on any atom is 0.150 e. The van der Waals surface area contributed by atoms with Crippen LogP contribution in [0.15, 0.2) is 53.6 Å². The number of hydrogen-bond donors (Lipinski definition) is 0. The lowest BCUT2D eigenvalue weighted by atomic mass is 9.93. The van der Waals surface area contributed by atoms with E-state index in [1.807, 2.05) is 26.0 Å². The SMILES string of the molecule is C=C(C)/C(C)=C(C)\C=C(/C)c1cc(C=O)c2ccc3c(c2n1)C=CCC3. The van der Waals surface area contributed by atoms with Crippen LogP contribution >= 0.6 is 0 Å². The van der Waals surface area contributed by atoms with Crippen molar-refractivity contribution in [3.05, 3.63) is 76.0 Å². The molecule has 0 radical (unpaired) electrons. The van der Waals surface area contributed by atoms with E-state index in [0.29, 0.717) is 5.56 Å². The van der Waals surface area contributed by atoms with E-state index in [1.165, 1.54) is 16.7 Å². The van der Waals surface area contributed by atoms with Gasteiger partial charge in [0.05, 0.1) is 11.2 Å². The number of carbonyl (C=O) groups excluding carboxylic acids is 1. The van der Waals surface area contributed by atoms with Crippen LogP contribution in [0.5, 0.6) is 0 Å². The summed E-state index contributed by atoms with van der Waals surface area (Å²) in [6, 6.07) is 6.05. The van der Waals surface area contributed by atoms with E-state index in [0.717, 1.165) is 52.4 Å². The van der Waals surface area contributed by atoms with Crippen molar-refractivity contribution in [2.75, 3.05) is 0 Å². The Labute approximate surface area is 155 Å². The van der Waals surface area contributed by atoms with E-state index >= 15 is 0 Å². The van der Waals surface area contributed by atoms with Crippen LogP contribution < -0.4 is 0 Å². The Morgan fingerprint density at radius 3 is 2.65 bits per heavy atom. The highest BCUT2D eigenvalue weighted by atomic mass is 16.1. The first-order valence-electron chi connectivity index (χ1n) is 9.02. The van der Waals surface area contributed by atoms with Crippen molar-refractivity contribution in [3.63, 3.8) is 0 Å². The molecular weight excluding hydrogens is 318 g/mol. The zero-order chi connectivity index (χ0) is 18.8. The molecule has 0 aliphatic heterocycles. The predicted molar refractivity (Wildman–Crippen MR) is 111 cm³/mol. The van der Waals surface area contributed by atoms with Gasteiger partial charge in [0, 0.05) is 16.5 Å². The molecule has 3 rings (SSSR count). The molecule has 0 N–H and O–H groups in total. The Kier molecular flexibility index (Phi) is 5.03. The highest BCUT2D eigenvalue weighted by molar-refractivity contribution is 6.01. The number of aromatic nitrogens is 1. The molecule has 0 saturated carbocycles. The van der Waals surface area contributed by atoms with Crippen LogP contribution in [0, 0.1) is 0 Å². The maximum absolute atomic E-state index is 11.7. The summed E-state index contributed by atoms with van der Waals surface area (Å²) < 4.78 is 0. The van der Waals surface area contributed by atoms with Crippen LogP contribution in [0.1, 0.15) is 61.3 Å². The fourth-order valence-electron chi connectivity index (χ4n) is 3.37. The van der Waals surface area contributed by atoms with Crippen molar-refractivity contribution in [2.24, 2.45) is 0 Å². The number of carbonyl (C=O) groups is 1. The number of nitrogens with zero attached hydrogens (tertiary/aromatic N) is 1. The second-order valence-electron chi connectivity index (χ2n) is 7.11. The summed E-state index contributed by atoms with van der Waals surface area (Å²) in [6.07, 6.45) is 9.46. The smallest absolute Gasteiger partial charge is 0.150 e. The van der Waals surface area contributed by atoms with Crippen molar-refractivity contribution in [1.29, 1.82) is 0 Å². The van der Waals surface area contributed by atoms with Gasteiger partial charge in [-0.2, -0.15) is 0 Å². The highest BCUT2D eigenvalue weighted by Crippen LogP contribution is 2.30. The first-order chi connectivity index (χ1) is 12.4. The second-order valence-corrected chi connectivity index (χ2v) is 7.11. The summed E-state index contributed by atoms with van der Waals surface area (Å²) in [4.78, 5) is 16.6. The van der Waals surface area contributed by atoms with E-state index in [9.17, 15) is 4.79 Å². The minimum absolute atomic E-state index is 0.692. The van der Waals surface area contributed by atoms with Crippen LogP contribution in [-0.4, -0.2) is 11.3 Å². The van der Waals surface area contributed by atoms with Gasteiger partial charge in [0.1, 0.15) is 0 Å². The number of aldehydes is 1. The van der Waals surface area contributed by atoms with Gasteiger partial charge in [0.25, 0.3) is 0 Å². The van der Waals surface area contributed by atoms with Gasteiger partial charge in [-0.05, 0) is 68.9 Å². The van der Waals surface area contributed by atoms with Gasteiger partial charge in [-0.25, -0.2) is 4.98 Å². The van der Waals surface area contributed by atoms with Crippen molar-refractivity contribution in [3.8, 4) is 0 Å². The summed E-state index contributed by atoms with van der Waals surface area (Å²) in [5.74, 6) is 0. The highest BCUT2D eigenvalue weighted by Gasteiger charge is 2.14. The molecule has 1 heterocycles. The third-order valence-electron chi connectivity index (χ3n) is 5.20. The van der Waals surface area contributed by atoms with Crippen molar-refractivity contribution in [1.82, 2.24) is 4.98 Å². The number of hydrogen-bond acceptors (Lipinski definition) is 2.